The Balaban J connectivity index is 3.23. The van der Waals surface area contributed by atoms with Crippen LogP contribution >= 0.6 is 11.6 Å². The molecule has 0 heterocycles. The molecule has 0 fully saturated rings. The van der Waals surface area contributed by atoms with Crippen molar-refractivity contribution in [3.8, 4) is 5.75 Å². The van der Waals surface area contributed by atoms with Crippen molar-refractivity contribution in [1.82, 2.24) is 0 Å². The van der Waals surface area contributed by atoms with E-state index in [1.54, 1.807) is 13.8 Å². The number of phenolic OH excluding ortho intramolecular Hbond substituents is 1. The molecule has 16 heavy (non-hydrogen) atoms. The zero-order valence-corrected chi connectivity index (χ0v) is 9.88. The smallest absolute Gasteiger partial charge is 0.305 e. The highest BCUT2D eigenvalue weighted by molar-refractivity contribution is 6.32. The van der Waals surface area contributed by atoms with E-state index in [2.05, 4.69) is 0 Å². The Morgan fingerprint density at radius 3 is 2.62 bits per heavy atom. The quantitative estimate of drug-likeness (QED) is 0.760. The lowest BCUT2D eigenvalue weighted by atomic mass is 9.96. The molecule has 1 aromatic rings. The second-order valence-corrected chi connectivity index (χ2v) is 4.15. The lowest BCUT2D eigenvalue weighted by Gasteiger charge is -2.17. The molecule has 0 aromatic heterocycles. The minimum Gasteiger partial charge on any atom is -0.508 e. The van der Waals surface area contributed by atoms with Crippen LogP contribution in [0.15, 0.2) is 6.07 Å². The largest absolute Gasteiger partial charge is 0.508 e. The van der Waals surface area contributed by atoms with Crippen molar-refractivity contribution in [1.29, 1.82) is 0 Å². The molecule has 1 unspecified atom stereocenters. The topological polar surface area (TPSA) is 83.5 Å². The standard InChI is InChI=1S/C11H14ClNO3/c1-5-3-8(14)10(6(2)11(5)12)7(13)4-9(15)16/h3,7,14H,4,13H2,1-2H3,(H,15,16). The molecule has 0 saturated heterocycles. The molecule has 0 aliphatic rings. The van der Waals surface area contributed by atoms with Crippen molar-refractivity contribution in [2.45, 2.75) is 26.3 Å². The number of phenols is 1. The van der Waals surface area contributed by atoms with Crippen molar-refractivity contribution in [2.24, 2.45) is 5.73 Å². The van der Waals surface area contributed by atoms with Crippen LogP contribution in [0, 0.1) is 13.8 Å². The van der Waals surface area contributed by atoms with E-state index in [0.29, 0.717) is 16.1 Å². The molecule has 0 aliphatic heterocycles. The predicted octanol–water partition coefficient (Wildman–Crippen LogP) is 2.14. The van der Waals surface area contributed by atoms with Crippen LogP contribution in [0.5, 0.6) is 5.75 Å². The summed E-state index contributed by atoms with van der Waals surface area (Å²) in [7, 11) is 0. The van der Waals surface area contributed by atoms with Crippen LogP contribution < -0.4 is 5.73 Å². The Hall–Kier alpha value is -1.26. The molecule has 0 radical (unpaired) electrons. The monoisotopic (exact) mass is 243 g/mol. The molecular weight excluding hydrogens is 230 g/mol. The van der Waals surface area contributed by atoms with E-state index >= 15 is 0 Å². The van der Waals surface area contributed by atoms with Gasteiger partial charge in [-0.05, 0) is 31.0 Å². The molecule has 4 N–H and O–H groups in total. The van der Waals surface area contributed by atoms with Gasteiger partial charge < -0.3 is 15.9 Å². The maximum atomic E-state index is 10.6. The van der Waals surface area contributed by atoms with Crippen molar-refractivity contribution < 1.29 is 15.0 Å². The van der Waals surface area contributed by atoms with E-state index in [1.807, 2.05) is 0 Å². The van der Waals surface area contributed by atoms with E-state index in [9.17, 15) is 9.90 Å². The number of nitrogens with two attached hydrogens (primary N) is 1. The summed E-state index contributed by atoms with van der Waals surface area (Å²) >= 11 is 6.02. The van der Waals surface area contributed by atoms with Gasteiger partial charge in [-0.2, -0.15) is 0 Å². The van der Waals surface area contributed by atoms with Crippen LogP contribution in [-0.4, -0.2) is 16.2 Å². The fourth-order valence-corrected chi connectivity index (χ4v) is 1.87. The van der Waals surface area contributed by atoms with Crippen LogP contribution in [0.25, 0.3) is 0 Å². The van der Waals surface area contributed by atoms with Crippen LogP contribution in [0.3, 0.4) is 0 Å². The molecule has 88 valence electrons. The Kier molecular flexibility index (Phi) is 3.78. The third kappa shape index (κ3) is 2.46. The lowest BCUT2D eigenvalue weighted by Crippen LogP contribution is -2.16. The van der Waals surface area contributed by atoms with Gasteiger partial charge in [-0.1, -0.05) is 11.6 Å². The highest BCUT2D eigenvalue weighted by Crippen LogP contribution is 2.35. The van der Waals surface area contributed by atoms with Crippen LogP contribution in [-0.2, 0) is 4.79 Å². The number of halogens is 1. The summed E-state index contributed by atoms with van der Waals surface area (Å²) in [6.07, 6.45) is -0.242. The SMILES string of the molecule is Cc1cc(O)c(C(N)CC(=O)O)c(C)c1Cl. The Morgan fingerprint density at radius 1 is 1.56 bits per heavy atom. The summed E-state index contributed by atoms with van der Waals surface area (Å²) in [6, 6.07) is 0.738. The number of benzene rings is 1. The maximum Gasteiger partial charge on any atom is 0.305 e. The van der Waals surface area contributed by atoms with Gasteiger partial charge in [-0.25, -0.2) is 0 Å². The van der Waals surface area contributed by atoms with Gasteiger partial charge in [0, 0.05) is 16.6 Å². The zero-order valence-electron chi connectivity index (χ0n) is 9.12. The van der Waals surface area contributed by atoms with E-state index in [-0.39, 0.29) is 12.2 Å². The van der Waals surface area contributed by atoms with Gasteiger partial charge in [0.15, 0.2) is 0 Å². The number of aromatic hydroxyl groups is 1. The zero-order chi connectivity index (χ0) is 12.5. The first-order valence-corrected chi connectivity index (χ1v) is 5.18. The first-order valence-electron chi connectivity index (χ1n) is 4.80. The molecule has 5 heteroatoms. The van der Waals surface area contributed by atoms with Gasteiger partial charge in [0.2, 0.25) is 0 Å². The first-order chi connectivity index (χ1) is 7.34. The van der Waals surface area contributed by atoms with Crippen molar-refractivity contribution in [3.05, 3.63) is 27.8 Å². The summed E-state index contributed by atoms with van der Waals surface area (Å²) in [6.45, 7) is 3.48. The predicted molar refractivity (Wildman–Crippen MR) is 61.8 cm³/mol. The lowest BCUT2D eigenvalue weighted by molar-refractivity contribution is -0.137. The van der Waals surface area contributed by atoms with E-state index in [4.69, 9.17) is 22.4 Å². The average Bonchev–Trinajstić information content (AvgIpc) is 2.13. The Labute approximate surface area is 98.6 Å². The fourth-order valence-electron chi connectivity index (χ4n) is 1.71. The second-order valence-electron chi connectivity index (χ2n) is 3.77. The first kappa shape index (κ1) is 12.8. The minimum absolute atomic E-state index is 0.00634. The number of hydrogen-bond donors (Lipinski definition) is 3. The third-order valence-electron chi connectivity index (χ3n) is 2.47. The highest BCUT2D eigenvalue weighted by atomic mass is 35.5. The van der Waals surface area contributed by atoms with Crippen LogP contribution in [0.4, 0.5) is 0 Å². The van der Waals surface area contributed by atoms with Crippen molar-refractivity contribution in [2.75, 3.05) is 0 Å². The Bertz CT molecular complexity index is 432. The number of aryl methyl sites for hydroxylation is 1. The molecule has 4 nitrogen and oxygen atoms in total. The Morgan fingerprint density at radius 2 is 2.12 bits per heavy atom. The van der Waals surface area contributed by atoms with E-state index < -0.39 is 12.0 Å². The molecule has 1 rings (SSSR count). The van der Waals surface area contributed by atoms with Gasteiger partial charge in [0.25, 0.3) is 0 Å². The molecule has 0 bridgehead atoms. The number of rotatable bonds is 3. The van der Waals surface area contributed by atoms with Gasteiger partial charge in [0.1, 0.15) is 5.75 Å². The average molecular weight is 244 g/mol. The van der Waals surface area contributed by atoms with Crippen molar-refractivity contribution in [3.63, 3.8) is 0 Å². The van der Waals surface area contributed by atoms with E-state index in [0.717, 1.165) is 5.56 Å². The van der Waals surface area contributed by atoms with Gasteiger partial charge in [-0.15, -0.1) is 0 Å². The summed E-state index contributed by atoms with van der Waals surface area (Å²) in [5.41, 5.74) is 7.49. The normalized spacial score (nSPS) is 12.5. The summed E-state index contributed by atoms with van der Waals surface area (Å²) in [4.78, 5) is 10.6. The third-order valence-corrected chi connectivity index (χ3v) is 3.06. The minimum atomic E-state index is -1.01. The highest BCUT2D eigenvalue weighted by Gasteiger charge is 2.19. The second kappa shape index (κ2) is 4.72. The maximum absolute atomic E-state index is 10.6. The van der Waals surface area contributed by atoms with Crippen LogP contribution in [0.2, 0.25) is 5.02 Å². The molecule has 0 spiro atoms. The summed E-state index contributed by atoms with van der Waals surface area (Å²) < 4.78 is 0. The van der Waals surface area contributed by atoms with Crippen LogP contribution in [0.1, 0.15) is 29.2 Å². The van der Waals surface area contributed by atoms with Gasteiger partial charge in [0.05, 0.1) is 6.42 Å². The molecule has 1 atom stereocenters. The van der Waals surface area contributed by atoms with Gasteiger partial charge >= 0.3 is 5.97 Å². The molecule has 0 saturated carbocycles. The number of carboxylic acids is 1. The van der Waals surface area contributed by atoms with Gasteiger partial charge in [-0.3, -0.25) is 4.79 Å². The summed E-state index contributed by atoms with van der Waals surface area (Å²) in [5, 5.41) is 18.9. The van der Waals surface area contributed by atoms with Crippen molar-refractivity contribution >= 4 is 17.6 Å². The number of carbonyl (C=O) groups is 1. The number of hydrogen-bond acceptors (Lipinski definition) is 3. The fraction of sp³-hybridized carbons (Fsp3) is 0.364. The molecule has 0 amide bonds. The number of carboxylic acid groups (broad SMARTS) is 1. The molecule has 1 aromatic carbocycles. The molecule has 0 aliphatic carbocycles. The number of aliphatic carboxylic acids is 1. The summed E-state index contributed by atoms with van der Waals surface area (Å²) in [5.74, 6) is -1.02. The molecular formula is C11H14ClNO3. The van der Waals surface area contributed by atoms with E-state index in [1.165, 1.54) is 6.07 Å².